The summed E-state index contributed by atoms with van der Waals surface area (Å²) in [6.45, 7) is 6.22. The fourth-order valence-corrected chi connectivity index (χ4v) is 2.36. The van der Waals surface area contributed by atoms with E-state index in [0.717, 1.165) is 17.8 Å². The maximum Gasteiger partial charge on any atom is 0.143 e. The second-order valence-corrected chi connectivity index (χ2v) is 6.04. The molecule has 0 aliphatic heterocycles. The molecule has 0 bridgehead atoms. The zero-order valence-corrected chi connectivity index (χ0v) is 13.4. The van der Waals surface area contributed by atoms with Crippen LogP contribution in [0.15, 0.2) is 24.5 Å². The monoisotopic (exact) mass is 309 g/mol. The molecule has 7 heteroatoms. The Morgan fingerprint density at radius 2 is 2.19 bits per heavy atom. The molecule has 1 aromatic carbocycles. The van der Waals surface area contributed by atoms with E-state index in [1.54, 1.807) is 18.1 Å². The van der Waals surface area contributed by atoms with Gasteiger partial charge in [-0.2, -0.15) is 0 Å². The molecular formula is C14H20ClN5O. The molecule has 21 heavy (non-hydrogen) atoms. The molecule has 1 heterocycles. The van der Waals surface area contributed by atoms with E-state index in [4.69, 9.17) is 16.3 Å². The molecule has 1 aromatic heterocycles. The van der Waals surface area contributed by atoms with E-state index in [9.17, 15) is 0 Å². The fourth-order valence-electron chi connectivity index (χ4n) is 2.18. The average Bonchev–Trinajstić information content (AvgIpc) is 2.94. The largest absolute Gasteiger partial charge is 0.381 e. The summed E-state index contributed by atoms with van der Waals surface area (Å²) >= 11 is 6.25. The van der Waals surface area contributed by atoms with E-state index in [0.29, 0.717) is 5.02 Å². The van der Waals surface area contributed by atoms with Gasteiger partial charge >= 0.3 is 0 Å². The van der Waals surface area contributed by atoms with Crippen molar-refractivity contribution >= 4 is 17.3 Å². The van der Waals surface area contributed by atoms with Gasteiger partial charge in [-0.1, -0.05) is 11.6 Å². The highest BCUT2D eigenvalue weighted by atomic mass is 35.5. The van der Waals surface area contributed by atoms with Gasteiger partial charge in [0.2, 0.25) is 0 Å². The van der Waals surface area contributed by atoms with Crippen LogP contribution in [0.25, 0.3) is 5.69 Å². The minimum atomic E-state index is -0.188. The van der Waals surface area contributed by atoms with E-state index >= 15 is 0 Å². The Hall–Kier alpha value is -1.66. The van der Waals surface area contributed by atoms with Crippen LogP contribution in [0.2, 0.25) is 5.02 Å². The maximum absolute atomic E-state index is 6.25. The lowest BCUT2D eigenvalue weighted by Gasteiger charge is -2.28. The van der Waals surface area contributed by atoms with Crippen molar-refractivity contribution in [3.63, 3.8) is 0 Å². The normalized spacial score (nSPS) is 13.2. The maximum atomic E-state index is 6.25. The van der Waals surface area contributed by atoms with Crippen molar-refractivity contribution < 1.29 is 4.74 Å². The first-order valence-corrected chi connectivity index (χ1v) is 7.14. The van der Waals surface area contributed by atoms with Gasteiger partial charge in [-0.15, -0.1) is 5.10 Å². The van der Waals surface area contributed by atoms with Gasteiger partial charge in [0.05, 0.1) is 22.0 Å². The van der Waals surface area contributed by atoms with Crippen LogP contribution in [0.1, 0.15) is 27.2 Å². The molecule has 1 unspecified atom stereocenters. The highest BCUT2D eigenvalue weighted by Gasteiger charge is 2.20. The molecule has 6 nitrogen and oxygen atoms in total. The van der Waals surface area contributed by atoms with Gasteiger partial charge in [0.1, 0.15) is 6.33 Å². The number of rotatable bonds is 6. The van der Waals surface area contributed by atoms with Crippen molar-refractivity contribution in [1.82, 2.24) is 20.2 Å². The Morgan fingerprint density at radius 3 is 2.81 bits per heavy atom. The summed E-state index contributed by atoms with van der Waals surface area (Å²) < 4.78 is 7.04. The van der Waals surface area contributed by atoms with E-state index in [-0.39, 0.29) is 11.6 Å². The smallest absolute Gasteiger partial charge is 0.143 e. The molecule has 1 N–H and O–H groups in total. The number of benzene rings is 1. The van der Waals surface area contributed by atoms with Crippen LogP contribution in [-0.2, 0) is 4.74 Å². The number of ether oxygens (including phenoxy) is 1. The van der Waals surface area contributed by atoms with Gasteiger partial charge < -0.3 is 10.1 Å². The molecule has 0 saturated carbocycles. The second-order valence-electron chi connectivity index (χ2n) is 5.63. The zero-order valence-electron chi connectivity index (χ0n) is 12.7. The highest BCUT2D eigenvalue weighted by Crippen LogP contribution is 2.27. The van der Waals surface area contributed by atoms with Crippen LogP contribution in [-0.4, -0.2) is 39.0 Å². The average molecular weight is 310 g/mol. The molecule has 0 fully saturated rings. The summed E-state index contributed by atoms with van der Waals surface area (Å²) in [7, 11) is 1.72. The zero-order chi connectivity index (χ0) is 15.5. The minimum absolute atomic E-state index is 0.188. The molecule has 1 atom stereocenters. The van der Waals surface area contributed by atoms with E-state index in [1.807, 2.05) is 18.2 Å². The van der Waals surface area contributed by atoms with Crippen molar-refractivity contribution in [3.8, 4) is 5.69 Å². The molecule has 2 rings (SSSR count). The fraction of sp³-hybridized carbons (Fsp3) is 0.500. The number of nitrogens with one attached hydrogen (secondary N) is 1. The predicted molar refractivity (Wildman–Crippen MR) is 83.0 cm³/mol. The lowest BCUT2D eigenvalue weighted by Crippen LogP contribution is -2.31. The van der Waals surface area contributed by atoms with Gasteiger partial charge in [-0.3, -0.25) is 0 Å². The van der Waals surface area contributed by atoms with E-state index < -0.39 is 0 Å². The lowest BCUT2D eigenvalue weighted by molar-refractivity contribution is 0.0128. The predicted octanol–water partition coefficient (Wildman–Crippen LogP) is 2.93. The third kappa shape index (κ3) is 4.15. The number of tetrazole rings is 1. The summed E-state index contributed by atoms with van der Waals surface area (Å²) in [5.41, 5.74) is 1.51. The summed E-state index contributed by atoms with van der Waals surface area (Å²) in [5.74, 6) is 0. The van der Waals surface area contributed by atoms with Crippen molar-refractivity contribution in [1.29, 1.82) is 0 Å². The van der Waals surface area contributed by atoms with Crippen molar-refractivity contribution in [2.24, 2.45) is 0 Å². The molecule has 2 aromatic rings. The molecule has 0 aliphatic rings. The standard InChI is InChI=1S/C14H20ClN5O/c1-10(8-14(2,3)21-4)17-13-7-11(5-6-12(13)15)20-9-16-18-19-20/h5-7,9-10,17H,8H2,1-4H3. The first kappa shape index (κ1) is 15.7. The number of anilines is 1. The minimum Gasteiger partial charge on any atom is -0.381 e. The Labute approximate surface area is 129 Å². The van der Waals surface area contributed by atoms with Crippen molar-refractivity contribution in [3.05, 3.63) is 29.5 Å². The molecular weight excluding hydrogens is 290 g/mol. The SMILES string of the molecule is COC(C)(C)CC(C)Nc1cc(-n2cnnn2)ccc1Cl. The van der Waals surface area contributed by atoms with E-state index in [1.165, 1.54) is 0 Å². The number of halogens is 1. The Morgan fingerprint density at radius 1 is 1.43 bits per heavy atom. The third-order valence-electron chi connectivity index (χ3n) is 3.32. The molecule has 0 amide bonds. The van der Waals surface area contributed by atoms with Crippen LogP contribution in [0.4, 0.5) is 5.69 Å². The van der Waals surface area contributed by atoms with Crippen LogP contribution < -0.4 is 5.32 Å². The summed E-state index contributed by atoms with van der Waals surface area (Å²) in [5, 5.41) is 15.2. The third-order valence-corrected chi connectivity index (χ3v) is 3.65. The Bertz CT molecular complexity index is 585. The van der Waals surface area contributed by atoms with E-state index in [2.05, 4.69) is 41.6 Å². The van der Waals surface area contributed by atoms with Crippen LogP contribution in [0.5, 0.6) is 0 Å². The number of aromatic nitrogens is 4. The van der Waals surface area contributed by atoms with Gasteiger partial charge in [0.25, 0.3) is 0 Å². The Kier molecular flexibility index (Phi) is 4.80. The second kappa shape index (κ2) is 6.41. The van der Waals surface area contributed by atoms with Crippen molar-refractivity contribution in [2.75, 3.05) is 12.4 Å². The Balaban J connectivity index is 2.14. The molecule has 0 saturated heterocycles. The quantitative estimate of drug-likeness (QED) is 0.888. The molecule has 114 valence electrons. The van der Waals surface area contributed by atoms with Crippen LogP contribution in [0, 0.1) is 0 Å². The molecule has 0 spiro atoms. The number of hydrogen-bond donors (Lipinski definition) is 1. The number of methoxy groups -OCH3 is 1. The van der Waals surface area contributed by atoms with Gasteiger partial charge in [0, 0.05) is 13.2 Å². The number of nitrogens with zero attached hydrogens (tertiary/aromatic N) is 4. The highest BCUT2D eigenvalue weighted by molar-refractivity contribution is 6.33. The first-order chi connectivity index (χ1) is 9.91. The van der Waals surface area contributed by atoms with Gasteiger partial charge in [0.15, 0.2) is 0 Å². The summed E-state index contributed by atoms with van der Waals surface area (Å²) in [4.78, 5) is 0. The molecule has 0 aliphatic carbocycles. The van der Waals surface area contributed by atoms with Crippen molar-refractivity contribution in [2.45, 2.75) is 38.8 Å². The topological polar surface area (TPSA) is 64.9 Å². The van der Waals surface area contributed by atoms with Crippen LogP contribution >= 0.6 is 11.6 Å². The summed E-state index contributed by atoms with van der Waals surface area (Å²) in [6, 6.07) is 5.83. The van der Waals surface area contributed by atoms with Crippen LogP contribution in [0.3, 0.4) is 0 Å². The lowest BCUT2D eigenvalue weighted by atomic mass is 9.99. The van der Waals surface area contributed by atoms with Gasteiger partial charge in [-0.25, -0.2) is 4.68 Å². The van der Waals surface area contributed by atoms with Gasteiger partial charge in [-0.05, 0) is 55.8 Å². The first-order valence-electron chi connectivity index (χ1n) is 6.76. The summed E-state index contributed by atoms with van der Waals surface area (Å²) in [6.07, 6.45) is 2.40. The number of hydrogen-bond acceptors (Lipinski definition) is 5. The molecule has 0 radical (unpaired) electrons.